The topological polar surface area (TPSA) is 51.8 Å². The summed E-state index contributed by atoms with van der Waals surface area (Å²) in [6.45, 7) is 0. The van der Waals surface area contributed by atoms with E-state index in [0.717, 1.165) is 5.82 Å². The van der Waals surface area contributed by atoms with Crippen LogP contribution in [0, 0.1) is 11.8 Å². The molecule has 2 atom stereocenters. The van der Waals surface area contributed by atoms with Gasteiger partial charge in [0.2, 0.25) is 0 Å². The van der Waals surface area contributed by atoms with Crippen LogP contribution in [0.5, 0.6) is 0 Å². The first kappa shape index (κ1) is 7.44. The molecule has 1 heterocycles. The van der Waals surface area contributed by atoms with E-state index in [1.165, 1.54) is 19.3 Å². The lowest BCUT2D eigenvalue weighted by atomic mass is 10.1. The lowest BCUT2D eigenvalue weighted by Crippen LogP contribution is -2.28. The zero-order valence-corrected chi connectivity index (χ0v) is 7.48. The van der Waals surface area contributed by atoms with Crippen LogP contribution in [-0.2, 0) is 5.54 Å². The van der Waals surface area contributed by atoms with E-state index in [1.807, 2.05) is 6.07 Å². The zero-order valence-electron chi connectivity index (χ0n) is 7.48. The van der Waals surface area contributed by atoms with E-state index in [1.54, 1.807) is 12.4 Å². The Morgan fingerprint density at radius 2 is 1.85 bits per heavy atom. The molecule has 2 fully saturated rings. The van der Waals surface area contributed by atoms with Gasteiger partial charge in [0.15, 0.2) is 0 Å². The molecule has 68 valence electrons. The fourth-order valence-corrected chi connectivity index (χ4v) is 2.86. The van der Waals surface area contributed by atoms with Gasteiger partial charge in [-0.1, -0.05) is 6.42 Å². The molecule has 13 heavy (non-hydrogen) atoms. The van der Waals surface area contributed by atoms with Crippen molar-refractivity contribution in [2.24, 2.45) is 17.6 Å². The molecule has 0 bridgehead atoms. The molecule has 2 N–H and O–H groups in total. The molecule has 1 aromatic rings. The van der Waals surface area contributed by atoms with Crippen LogP contribution >= 0.6 is 0 Å². The maximum absolute atomic E-state index is 6.29. The summed E-state index contributed by atoms with van der Waals surface area (Å²) in [5, 5.41) is 0. The molecule has 2 aliphatic rings. The van der Waals surface area contributed by atoms with Crippen LogP contribution in [0.4, 0.5) is 0 Å². The minimum Gasteiger partial charge on any atom is -0.318 e. The highest BCUT2D eigenvalue weighted by molar-refractivity contribution is 5.26. The minimum atomic E-state index is -0.167. The molecule has 0 spiro atoms. The van der Waals surface area contributed by atoms with Crippen molar-refractivity contribution in [3.8, 4) is 0 Å². The van der Waals surface area contributed by atoms with E-state index < -0.39 is 0 Å². The Bertz CT molecular complexity index is 312. The first-order valence-corrected chi connectivity index (χ1v) is 4.90. The van der Waals surface area contributed by atoms with Crippen molar-refractivity contribution in [2.75, 3.05) is 0 Å². The van der Waals surface area contributed by atoms with Gasteiger partial charge in [0.05, 0.1) is 5.54 Å². The van der Waals surface area contributed by atoms with Crippen LogP contribution in [0.3, 0.4) is 0 Å². The molecule has 3 nitrogen and oxygen atoms in total. The average molecular weight is 175 g/mol. The van der Waals surface area contributed by atoms with E-state index >= 15 is 0 Å². The Morgan fingerprint density at radius 1 is 1.23 bits per heavy atom. The number of hydrogen-bond donors (Lipinski definition) is 1. The van der Waals surface area contributed by atoms with Gasteiger partial charge in [-0.05, 0) is 30.7 Å². The SMILES string of the molecule is NC1(c2ncccn2)C2CCCC21. The highest BCUT2D eigenvalue weighted by Crippen LogP contribution is 2.63. The van der Waals surface area contributed by atoms with Crippen LogP contribution in [0.25, 0.3) is 0 Å². The average Bonchev–Trinajstić information content (AvgIpc) is 2.62. The molecule has 3 rings (SSSR count). The van der Waals surface area contributed by atoms with Crippen molar-refractivity contribution >= 4 is 0 Å². The summed E-state index contributed by atoms with van der Waals surface area (Å²) in [6, 6.07) is 1.84. The number of rotatable bonds is 1. The molecular formula is C10H13N3. The van der Waals surface area contributed by atoms with E-state index in [0.29, 0.717) is 11.8 Å². The van der Waals surface area contributed by atoms with Gasteiger partial charge in [0.25, 0.3) is 0 Å². The normalized spacial score (nSPS) is 41.6. The predicted molar refractivity (Wildman–Crippen MR) is 48.7 cm³/mol. The molecule has 0 aliphatic heterocycles. The van der Waals surface area contributed by atoms with Gasteiger partial charge in [-0.3, -0.25) is 0 Å². The number of hydrogen-bond acceptors (Lipinski definition) is 3. The lowest BCUT2D eigenvalue weighted by Gasteiger charge is -2.12. The highest BCUT2D eigenvalue weighted by atomic mass is 15.0. The number of aromatic nitrogens is 2. The fourth-order valence-electron chi connectivity index (χ4n) is 2.86. The van der Waals surface area contributed by atoms with Gasteiger partial charge in [0, 0.05) is 12.4 Å². The first-order chi connectivity index (χ1) is 6.33. The highest BCUT2D eigenvalue weighted by Gasteiger charge is 2.66. The second-order valence-corrected chi connectivity index (χ2v) is 4.15. The molecule has 0 saturated heterocycles. The number of nitrogens with two attached hydrogens (primary N) is 1. The molecular weight excluding hydrogens is 162 g/mol. The molecule has 1 aromatic heterocycles. The van der Waals surface area contributed by atoms with Gasteiger partial charge >= 0.3 is 0 Å². The van der Waals surface area contributed by atoms with Crippen LogP contribution < -0.4 is 5.73 Å². The van der Waals surface area contributed by atoms with Gasteiger partial charge in [0.1, 0.15) is 5.82 Å². The van der Waals surface area contributed by atoms with E-state index in [4.69, 9.17) is 5.73 Å². The molecule has 3 heteroatoms. The monoisotopic (exact) mass is 175 g/mol. The van der Waals surface area contributed by atoms with Gasteiger partial charge in [-0.25, -0.2) is 9.97 Å². The summed E-state index contributed by atoms with van der Waals surface area (Å²) in [6.07, 6.45) is 7.43. The van der Waals surface area contributed by atoms with Crippen LogP contribution in [0.2, 0.25) is 0 Å². The second-order valence-electron chi connectivity index (χ2n) is 4.15. The van der Waals surface area contributed by atoms with Gasteiger partial charge < -0.3 is 5.73 Å². The largest absolute Gasteiger partial charge is 0.318 e. The maximum Gasteiger partial charge on any atom is 0.148 e. The van der Waals surface area contributed by atoms with E-state index in [-0.39, 0.29) is 5.54 Å². The Morgan fingerprint density at radius 3 is 2.46 bits per heavy atom. The molecule has 2 aliphatic carbocycles. The van der Waals surface area contributed by atoms with E-state index in [2.05, 4.69) is 9.97 Å². The van der Waals surface area contributed by atoms with Crippen molar-refractivity contribution in [2.45, 2.75) is 24.8 Å². The van der Waals surface area contributed by atoms with E-state index in [9.17, 15) is 0 Å². The van der Waals surface area contributed by atoms with Crippen molar-refractivity contribution in [3.05, 3.63) is 24.3 Å². The second kappa shape index (κ2) is 2.29. The Labute approximate surface area is 77.4 Å². The van der Waals surface area contributed by atoms with Crippen LogP contribution in [-0.4, -0.2) is 9.97 Å². The quantitative estimate of drug-likeness (QED) is 0.694. The standard InChI is InChI=1S/C10H13N3/c11-10(7-3-1-4-8(7)10)9-12-5-2-6-13-9/h2,5-8H,1,3-4,11H2. The maximum atomic E-state index is 6.29. The molecule has 2 saturated carbocycles. The summed E-state index contributed by atoms with van der Waals surface area (Å²) in [7, 11) is 0. The van der Waals surface area contributed by atoms with Crippen molar-refractivity contribution in [1.29, 1.82) is 0 Å². The Hall–Kier alpha value is -0.960. The molecule has 0 amide bonds. The van der Waals surface area contributed by atoms with Crippen LogP contribution in [0.1, 0.15) is 25.1 Å². The molecule has 0 radical (unpaired) electrons. The zero-order chi connectivity index (χ0) is 8.89. The summed E-state index contributed by atoms with van der Waals surface area (Å²) in [5.41, 5.74) is 6.13. The summed E-state index contributed by atoms with van der Waals surface area (Å²) >= 11 is 0. The minimum absolute atomic E-state index is 0.167. The van der Waals surface area contributed by atoms with Crippen molar-refractivity contribution in [3.63, 3.8) is 0 Å². The van der Waals surface area contributed by atoms with Gasteiger partial charge in [-0.2, -0.15) is 0 Å². The van der Waals surface area contributed by atoms with Crippen LogP contribution in [0.15, 0.2) is 18.5 Å². The van der Waals surface area contributed by atoms with Crippen molar-refractivity contribution < 1.29 is 0 Å². The number of nitrogens with zero attached hydrogens (tertiary/aromatic N) is 2. The third-order valence-corrected chi connectivity index (χ3v) is 3.59. The summed E-state index contributed by atoms with van der Waals surface area (Å²) in [4.78, 5) is 8.52. The Kier molecular flexibility index (Phi) is 1.31. The third-order valence-electron chi connectivity index (χ3n) is 3.59. The smallest absolute Gasteiger partial charge is 0.148 e. The fraction of sp³-hybridized carbons (Fsp3) is 0.600. The number of fused-ring (bicyclic) bond motifs is 1. The summed E-state index contributed by atoms with van der Waals surface area (Å²) < 4.78 is 0. The summed E-state index contributed by atoms with van der Waals surface area (Å²) in [5.74, 6) is 2.18. The lowest BCUT2D eigenvalue weighted by molar-refractivity contribution is 0.499. The van der Waals surface area contributed by atoms with Crippen molar-refractivity contribution in [1.82, 2.24) is 9.97 Å². The van der Waals surface area contributed by atoms with Gasteiger partial charge in [-0.15, -0.1) is 0 Å². The Balaban J connectivity index is 1.95. The third kappa shape index (κ3) is 0.826. The molecule has 2 unspecified atom stereocenters. The predicted octanol–water partition coefficient (Wildman–Crippen LogP) is 1.06. The first-order valence-electron chi connectivity index (χ1n) is 4.90. The molecule has 0 aromatic carbocycles.